The first kappa shape index (κ1) is 19.4. The first-order chi connectivity index (χ1) is 12.9. The zero-order valence-electron chi connectivity index (χ0n) is 15.1. The topological polar surface area (TPSA) is 55.4 Å². The van der Waals surface area contributed by atoms with Gasteiger partial charge in [-0.3, -0.25) is 9.59 Å². The Bertz CT molecular complexity index is 862. The van der Waals surface area contributed by atoms with Crippen LogP contribution >= 0.6 is 11.6 Å². The van der Waals surface area contributed by atoms with Crippen LogP contribution in [0.1, 0.15) is 36.8 Å². The summed E-state index contributed by atoms with van der Waals surface area (Å²) < 4.78 is 19.6. The molecule has 0 spiro atoms. The molecule has 0 atom stereocenters. The van der Waals surface area contributed by atoms with Crippen LogP contribution in [0, 0.1) is 12.7 Å². The molecule has 1 amide bonds. The zero-order valence-corrected chi connectivity index (χ0v) is 15.8. The van der Waals surface area contributed by atoms with Crippen molar-refractivity contribution < 1.29 is 18.7 Å². The molecule has 142 valence electrons. The van der Waals surface area contributed by atoms with Crippen LogP contribution in [0.5, 0.6) is 0 Å². The number of anilines is 1. The third-order valence-corrected chi connectivity index (χ3v) is 5.28. The largest absolute Gasteiger partial charge is 0.455 e. The number of hydrogen-bond acceptors (Lipinski definition) is 3. The highest BCUT2D eigenvalue weighted by molar-refractivity contribution is 6.33. The zero-order chi connectivity index (χ0) is 19.4. The molecule has 0 heterocycles. The lowest BCUT2D eigenvalue weighted by molar-refractivity contribution is -0.153. The maximum absolute atomic E-state index is 14.3. The molecule has 6 heteroatoms. The summed E-state index contributed by atoms with van der Waals surface area (Å²) in [5, 5.41) is 3.04. The minimum atomic E-state index is -1.02. The van der Waals surface area contributed by atoms with Crippen LogP contribution in [0.3, 0.4) is 0 Å². The standard InChI is InChI=1S/C21H21ClFNO3/c1-14-8-9-18(16(22)12-14)24-19(25)13-27-20(26)21(10-4-5-11-21)15-6-2-3-7-17(15)23/h2-3,6-9,12H,4-5,10-11,13H2,1H3,(H,24,25). The van der Waals surface area contributed by atoms with Crippen LogP contribution in [-0.4, -0.2) is 18.5 Å². The summed E-state index contributed by atoms with van der Waals surface area (Å²) in [7, 11) is 0. The van der Waals surface area contributed by atoms with Crippen LogP contribution in [0.25, 0.3) is 0 Å². The number of hydrogen-bond donors (Lipinski definition) is 1. The van der Waals surface area contributed by atoms with E-state index in [1.807, 2.05) is 13.0 Å². The Morgan fingerprint density at radius 2 is 1.89 bits per heavy atom. The van der Waals surface area contributed by atoms with Crippen molar-refractivity contribution in [3.05, 3.63) is 64.4 Å². The van der Waals surface area contributed by atoms with Crippen molar-refractivity contribution in [3.8, 4) is 0 Å². The van der Waals surface area contributed by atoms with Crippen molar-refractivity contribution in [2.75, 3.05) is 11.9 Å². The molecular formula is C21H21ClFNO3. The number of rotatable bonds is 5. The Balaban J connectivity index is 1.68. The van der Waals surface area contributed by atoms with Crippen molar-refractivity contribution in [2.45, 2.75) is 38.0 Å². The lowest BCUT2D eigenvalue weighted by Gasteiger charge is -2.27. The van der Waals surface area contributed by atoms with Crippen molar-refractivity contribution in [3.63, 3.8) is 0 Å². The number of benzene rings is 2. The van der Waals surface area contributed by atoms with Crippen LogP contribution < -0.4 is 5.32 Å². The fourth-order valence-electron chi connectivity index (χ4n) is 3.59. The summed E-state index contributed by atoms with van der Waals surface area (Å²) in [4.78, 5) is 24.9. The number of carbonyl (C=O) groups excluding carboxylic acids is 2. The van der Waals surface area contributed by atoms with Gasteiger partial charge in [-0.15, -0.1) is 0 Å². The predicted molar refractivity (Wildman–Crippen MR) is 102 cm³/mol. The average molecular weight is 390 g/mol. The Morgan fingerprint density at radius 1 is 1.19 bits per heavy atom. The van der Waals surface area contributed by atoms with Crippen LogP contribution in [0.15, 0.2) is 42.5 Å². The Kier molecular flexibility index (Phi) is 5.80. The van der Waals surface area contributed by atoms with Crippen molar-refractivity contribution in [2.24, 2.45) is 0 Å². The fourth-order valence-corrected chi connectivity index (χ4v) is 3.87. The number of esters is 1. The van der Waals surface area contributed by atoms with Crippen molar-refractivity contribution in [1.29, 1.82) is 0 Å². The molecule has 27 heavy (non-hydrogen) atoms. The van der Waals surface area contributed by atoms with E-state index in [-0.39, 0.29) is 0 Å². The molecule has 1 fully saturated rings. The van der Waals surface area contributed by atoms with Gasteiger partial charge in [0.15, 0.2) is 6.61 Å². The average Bonchev–Trinajstić information content (AvgIpc) is 3.13. The van der Waals surface area contributed by atoms with Gasteiger partial charge < -0.3 is 10.1 Å². The highest BCUT2D eigenvalue weighted by Gasteiger charge is 2.45. The number of amides is 1. The number of halogens is 2. The first-order valence-electron chi connectivity index (χ1n) is 8.91. The number of nitrogens with one attached hydrogen (secondary N) is 1. The van der Waals surface area contributed by atoms with Crippen molar-refractivity contribution >= 4 is 29.2 Å². The Labute approximate surface area is 162 Å². The molecule has 4 nitrogen and oxygen atoms in total. The molecule has 3 rings (SSSR count). The van der Waals surface area contributed by atoms with Gasteiger partial charge in [0.25, 0.3) is 5.91 Å². The molecule has 0 saturated heterocycles. The molecule has 0 aromatic heterocycles. The quantitative estimate of drug-likeness (QED) is 0.748. The summed E-state index contributed by atoms with van der Waals surface area (Å²) in [6, 6.07) is 11.5. The molecule has 0 radical (unpaired) electrons. The lowest BCUT2D eigenvalue weighted by atomic mass is 9.78. The van der Waals surface area contributed by atoms with E-state index in [4.69, 9.17) is 16.3 Å². The molecule has 1 aliphatic rings. The molecular weight excluding hydrogens is 369 g/mol. The van der Waals surface area contributed by atoms with E-state index in [0.29, 0.717) is 29.1 Å². The minimum absolute atomic E-state index is 0.342. The van der Waals surface area contributed by atoms with Gasteiger partial charge in [-0.1, -0.05) is 48.7 Å². The van der Waals surface area contributed by atoms with E-state index in [0.717, 1.165) is 18.4 Å². The van der Waals surface area contributed by atoms with Gasteiger partial charge in [-0.05, 0) is 43.5 Å². The van der Waals surface area contributed by atoms with E-state index in [9.17, 15) is 14.0 Å². The van der Waals surface area contributed by atoms with Gasteiger partial charge in [0.05, 0.1) is 16.1 Å². The number of carbonyl (C=O) groups is 2. The SMILES string of the molecule is Cc1ccc(NC(=O)COC(=O)C2(c3ccccc3F)CCCC2)c(Cl)c1. The summed E-state index contributed by atoms with van der Waals surface area (Å²) in [6.45, 7) is 1.45. The molecule has 2 aromatic carbocycles. The third kappa shape index (κ3) is 4.14. The normalized spacial score (nSPS) is 15.4. The second-order valence-corrected chi connectivity index (χ2v) is 7.28. The molecule has 1 aliphatic carbocycles. The first-order valence-corrected chi connectivity index (χ1v) is 9.28. The lowest BCUT2D eigenvalue weighted by Crippen LogP contribution is -2.37. The van der Waals surface area contributed by atoms with Gasteiger partial charge in [0.2, 0.25) is 0 Å². The van der Waals surface area contributed by atoms with E-state index >= 15 is 0 Å². The van der Waals surface area contributed by atoms with Crippen LogP contribution in [0.4, 0.5) is 10.1 Å². The van der Waals surface area contributed by atoms with Gasteiger partial charge in [-0.25, -0.2) is 4.39 Å². The molecule has 0 aliphatic heterocycles. The summed E-state index contributed by atoms with van der Waals surface area (Å²) in [5.74, 6) is -1.47. The van der Waals surface area contributed by atoms with Gasteiger partial charge >= 0.3 is 5.97 Å². The Hall–Kier alpha value is -2.40. The summed E-state index contributed by atoms with van der Waals surface area (Å²) in [6.07, 6.45) is 2.65. The smallest absolute Gasteiger partial charge is 0.317 e. The molecule has 0 unspecified atom stereocenters. The highest BCUT2D eigenvalue weighted by atomic mass is 35.5. The second kappa shape index (κ2) is 8.09. The highest BCUT2D eigenvalue weighted by Crippen LogP contribution is 2.43. The van der Waals surface area contributed by atoms with E-state index in [1.54, 1.807) is 30.3 Å². The molecule has 2 aromatic rings. The van der Waals surface area contributed by atoms with E-state index < -0.39 is 29.7 Å². The predicted octanol–water partition coefficient (Wildman–Crippen LogP) is 4.78. The fraction of sp³-hybridized carbons (Fsp3) is 0.333. The third-order valence-electron chi connectivity index (χ3n) is 4.97. The van der Waals surface area contributed by atoms with Gasteiger partial charge in [0.1, 0.15) is 5.82 Å². The summed E-state index contributed by atoms with van der Waals surface area (Å²) >= 11 is 6.10. The minimum Gasteiger partial charge on any atom is -0.455 e. The molecule has 0 bridgehead atoms. The summed E-state index contributed by atoms with van der Waals surface area (Å²) in [5.41, 5.74) is 0.743. The molecule has 1 saturated carbocycles. The maximum Gasteiger partial charge on any atom is 0.317 e. The van der Waals surface area contributed by atoms with Gasteiger partial charge in [0, 0.05) is 5.56 Å². The molecule has 1 N–H and O–H groups in total. The Morgan fingerprint density at radius 3 is 2.56 bits per heavy atom. The van der Waals surface area contributed by atoms with Gasteiger partial charge in [-0.2, -0.15) is 0 Å². The number of ether oxygens (including phenoxy) is 1. The van der Waals surface area contributed by atoms with Crippen molar-refractivity contribution in [1.82, 2.24) is 0 Å². The monoisotopic (exact) mass is 389 g/mol. The van der Waals surface area contributed by atoms with Crippen LogP contribution in [0.2, 0.25) is 5.02 Å². The van der Waals surface area contributed by atoms with Crippen LogP contribution in [-0.2, 0) is 19.7 Å². The number of aryl methyl sites for hydroxylation is 1. The van der Waals surface area contributed by atoms with E-state index in [2.05, 4.69) is 5.32 Å². The maximum atomic E-state index is 14.3. The second-order valence-electron chi connectivity index (χ2n) is 6.88. The van der Waals surface area contributed by atoms with E-state index in [1.165, 1.54) is 6.07 Å².